The van der Waals surface area contributed by atoms with Crippen molar-refractivity contribution in [3.63, 3.8) is 0 Å². The van der Waals surface area contributed by atoms with E-state index in [9.17, 15) is 9.59 Å². The van der Waals surface area contributed by atoms with Crippen LogP contribution in [0.4, 0.5) is 0 Å². The molecule has 1 aliphatic heterocycles. The van der Waals surface area contributed by atoms with Gasteiger partial charge in [0.05, 0.1) is 17.1 Å². The van der Waals surface area contributed by atoms with E-state index in [4.69, 9.17) is 0 Å². The number of ketones is 1. The minimum Gasteiger partial charge on any atom is -0.303 e. The monoisotopic (exact) mass is 529 g/mol. The third kappa shape index (κ3) is 3.40. The van der Waals surface area contributed by atoms with Crippen LogP contribution in [0.2, 0.25) is 0 Å². The van der Waals surface area contributed by atoms with Crippen molar-refractivity contribution in [3.05, 3.63) is 124 Å². The van der Waals surface area contributed by atoms with Crippen molar-refractivity contribution in [3.8, 4) is 0 Å². The highest BCUT2D eigenvalue weighted by Gasteiger charge is 2.75. The van der Waals surface area contributed by atoms with Gasteiger partial charge in [0.15, 0.2) is 0 Å². The smallest absolute Gasteiger partial charge is 0.147 e. The second-order valence-electron chi connectivity index (χ2n) is 13.1. The molecule has 3 aromatic rings. The zero-order valence-corrected chi connectivity index (χ0v) is 24.4. The van der Waals surface area contributed by atoms with Crippen LogP contribution in [0.25, 0.3) is 5.57 Å². The highest BCUT2D eigenvalue weighted by atomic mass is 16.1. The predicted octanol–water partition coefficient (Wildman–Crippen LogP) is 7.50. The molecule has 0 spiro atoms. The van der Waals surface area contributed by atoms with E-state index in [1.807, 2.05) is 13.0 Å². The Morgan fingerprint density at radius 3 is 2.23 bits per heavy atom. The van der Waals surface area contributed by atoms with Gasteiger partial charge in [-0.3, -0.25) is 9.69 Å². The minimum absolute atomic E-state index is 0.0225. The lowest BCUT2D eigenvalue weighted by molar-refractivity contribution is -0.154. The van der Waals surface area contributed by atoms with Gasteiger partial charge in [0.25, 0.3) is 0 Å². The van der Waals surface area contributed by atoms with Crippen molar-refractivity contribution < 1.29 is 9.59 Å². The molecule has 1 saturated heterocycles. The first kappa shape index (κ1) is 26.7. The van der Waals surface area contributed by atoms with E-state index in [1.165, 1.54) is 39.0 Å². The van der Waals surface area contributed by atoms with E-state index < -0.39 is 23.0 Å². The standard InChI is InChI=1S/C37H39NO2/c1-24(23-39)33(26(3)40)38-36(28-15-8-7-9-16-28)25(2)20-21-30-29-17-11-13-19-32(29)37(38,34(30)36)31-18-12-10-14-27(31)22-35(4,5)6/h7-21,23-25,33H,22H2,1-6H3/t24-,25?,33-,36?,37?/m0/s1. The van der Waals surface area contributed by atoms with Gasteiger partial charge in [-0.15, -0.1) is 0 Å². The van der Waals surface area contributed by atoms with Gasteiger partial charge in [0.2, 0.25) is 0 Å². The van der Waals surface area contributed by atoms with E-state index in [1.54, 1.807) is 6.92 Å². The number of Topliss-reactive ketones (excluding diaryl/α,β-unsaturated/α-hetero) is 1. The first-order valence-electron chi connectivity index (χ1n) is 14.5. The normalized spacial score (nSPS) is 26.5. The third-order valence-corrected chi connectivity index (χ3v) is 9.32. The predicted molar refractivity (Wildman–Crippen MR) is 162 cm³/mol. The quantitative estimate of drug-likeness (QED) is 0.298. The number of carbonyl (C=O) groups is 2. The molecule has 6 rings (SSSR count). The van der Waals surface area contributed by atoms with Crippen LogP contribution in [-0.4, -0.2) is 23.0 Å². The van der Waals surface area contributed by atoms with Crippen LogP contribution in [0, 0.1) is 17.3 Å². The number of nitrogens with zero attached hydrogens (tertiary/aromatic N) is 1. The number of carbonyl (C=O) groups excluding carboxylic acids is 2. The Morgan fingerprint density at radius 1 is 0.950 bits per heavy atom. The summed E-state index contributed by atoms with van der Waals surface area (Å²) >= 11 is 0. The van der Waals surface area contributed by atoms with E-state index >= 15 is 0 Å². The summed E-state index contributed by atoms with van der Waals surface area (Å²) in [7, 11) is 0. The van der Waals surface area contributed by atoms with Crippen LogP contribution in [-0.2, 0) is 27.1 Å². The van der Waals surface area contributed by atoms with Crippen molar-refractivity contribution in [2.24, 2.45) is 17.3 Å². The summed E-state index contributed by atoms with van der Waals surface area (Å²) in [5, 5.41) is 0. The van der Waals surface area contributed by atoms with Crippen LogP contribution < -0.4 is 0 Å². The largest absolute Gasteiger partial charge is 0.303 e. The molecule has 40 heavy (non-hydrogen) atoms. The second kappa shape index (κ2) is 9.24. The Bertz CT molecular complexity index is 1560. The SMILES string of the molecule is CC(=O)[C@H]([C@@H](C)C=O)N1C2(c3ccccc3CC(C)(C)C)C3=C(C=CC(C)C31c1ccccc1)c1ccccc12. The molecule has 1 fully saturated rings. The molecule has 1 heterocycles. The Labute approximate surface area is 238 Å². The van der Waals surface area contributed by atoms with Crippen molar-refractivity contribution in [1.29, 1.82) is 0 Å². The van der Waals surface area contributed by atoms with Crippen molar-refractivity contribution in [1.82, 2.24) is 4.90 Å². The second-order valence-corrected chi connectivity index (χ2v) is 13.1. The molecule has 0 amide bonds. The minimum atomic E-state index is -0.657. The van der Waals surface area contributed by atoms with E-state index in [2.05, 4.69) is 118 Å². The molecule has 2 aliphatic carbocycles. The Balaban J connectivity index is 1.79. The Kier molecular flexibility index (Phi) is 6.16. The fraction of sp³-hybridized carbons (Fsp3) is 0.351. The summed E-state index contributed by atoms with van der Waals surface area (Å²) in [6, 6.07) is 27.5. The summed E-state index contributed by atoms with van der Waals surface area (Å²) in [5.74, 6) is -0.360. The van der Waals surface area contributed by atoms with Gasteiger partial charge in [-0.05, 0) is 57.7 Å². The van der Waals surface area contributed by atoms with Crippen LogP contribution in [0.3, 0.4) is 0 Å². The summed E-state index contributed by atoms with van der Waals surface area (Å²) < 4.78 is 0. The topological polar surface area (TPSA) is 37.4 Å². The van der Waals surface area contributed by atoms with Crippen LogP contribution in [0.5, 0.6) is 0 Å². The van der Waals surface area contributed by atoms with Crippen LogP contribution in [0.1, 0.15) is 69.4 Å². The van der Waals surface area contributed by atoms with Gasteiger partial charge in [0.1, 0.15) is 12.1 Å². The number of hydrogen-bond acceptors (Lipinski definition) is 3. The van der Waals surface area contributed by atoms with E-state index in [0.717, 1.165) is 12.7 Å². The van der Waals surface area contributed by atoms with Crippen molar-refractivity contribution >= 4 is 17.6 Å². The van der Waals surface area contributed by atoms with Gasteiger partial charge in [-0.1, -0.05) is 126 Å². The highest BCUT2D eigenvalue weighted by Crippen LogP contribution is 2.74. The maximum atomic E-state index is 13.8. The zero-order chi connectivity index (χ0) is 28.4. The summed E-state index contributed by atoms with van der Waals surface area (Å²) in [4.78, 5) is 28.8. The van der Waals surface area contributed by atoms with Crippen LogP contribution >= 0.6 is 0 Å². The average Bonchev–Trinajstić information content (AvgIpc) is 3.20. The summed E-state index contributed by atoms with van der Waals surface area (Å²) in [6.07, 6.45) is 6.47. The number of benzene rings is 3. The fourth-order valence-corrected chi connectivity index (χ4v) is 8.10. The number of aldehydes is 1. The Morgan fingerprint density at radius 2 is 1.57 bits per heavy atom. The van der Waals surface area contributed by atoms with Gasteiger partial charge in [-0.25, -0.2) is 0 Å². The van der Waals surface area contributed by atoms with E-state index in [-0.39, 0.29) is 17.1 Å². The first-order chi connectivity index (χ1) is 19.1. The molecule has 0 N–H and O–H groups in total. The number of rotatable bonds is 7. The number of allylic oxidation sites excluding steroid dienone is 2. The molecular weight excluding hydrogens is 490 g/mol. The van der Waals surface area contributed by atoms with Crippen LogP contribution in [0.15, 0.2) is 96.6 Å². The third-order valence-electron chi connectivity index (χ3n) is 9.32. The van der Waals surface area contributed by atoms with Crippen molar-refractivity contribution in [2.75, 3.05) is 0 Å². The highest BCUT2D eigenvalue weighted by molar-refractivity contribution is 5.96. The Hall–Kier alpha value is -3.56. The molecule has 0 aromatic heterocycles. The fourth-order valence-electron chi connectivity index (χ4n) is 8.10. The molecule has 3 heteroatoms. The molecule has 3 nitrogen and oxygen atoms in total. The molecule has 0 bridgehead atoms. The van der Waals surface area contributed by atoms with E-state index in [0.29, 0.717) is 0 Å². The summed E-state index contributed by atoms with van der Waals surface area (Å²) in [5.41, 5.74) is 7.54. The maximum Gasteiger partial charge on any atom is 0.147 e. The molecule has 0 saturated carbocycles. The lowest BCUT2D eigenvalue weighted by atomic mass is 9.51. The van der Waals surface area contributed by atoms with Gasteiger partial charge >= 0.3 is 0 Å². The maximum absolute atomic E-state index is 13.8. The molecule has 204 valence electrons. The summed E-state index contributed by atoms with van der Waals surface area (Å²) in [6.45, 7) is 12.7. The van der Waals surface area contributed by atoms with Gasteiger partial charge in [0, 0.05) is 11.8 Å². The molecule has 3 aromatic carbocycles. The lowest BCUT2D eigenvalue weighted by Gasteiger charge is -2.72. The number of hydrogen-bond donors (Lipinski definition) is 0. The van der Waals surface area contributed by atoms with Gasteiger partial charge < -0.3 is 4.79 Å². The molecular formula is C37H39NO2. The number of likely N-dealkylation sites (tertiary alicyclic amines) is 1. The molecule has 5 atom stereocenters. The molecule has 3 aliphatic rings. The van der Waals surface area contributed by atoms with Crippen molar-refractivity contribution in [2.45, 2.75) is 65.1 Å². The first-order valence-corrected chi connectivity index (χ1v) is 14.5. The average molecular weight is 530 g/mol. The zero-order valence-electron chi connectivity index (χ0n) is 24.4. The van der Waals surface area contributed by atoms with Gasteiger partial charge in [-0.2, -0.15) is 0 Å². The molecule has 0 radical (unpaired) electrons. The molecule has 3 unspecified atom stereocenters. The number of fused-ring (bicyclic) bond motifs is 3. The lowest BCUT2D eigenvalue weighted by Crippen LogP contribution is -2.78.